The molecule has 1 aliphatic rings. The molecule has 1 amide bonds. The lowest BCUT2D eigenvalue weighted by Crippen LogP contribution is -2.53. The van der Waals surface area contributed by atoms with Crippen molar-refractivity contribution in [2.75, 3.05) is 38.3 Å². The number of thioether (sulfide) groups is 1. The van der Waals surface area contributed by atoms with Crippen molar-refractivity contribution in [3.05, 3.63) is 0 Å². The molecule has 20 heavy (non-hydrogen) atoms. The van der Waals surface area contributed by atoms with Crippen molar-refractivity contribution >= 4 is 23.6 Å². The molecule has 7 heteroatoms. The van der Waals surface area contributed by atoms with Crippen LogP contribution in [0.15, 0.2) is 0 Å². The summed E-state index contributed by atoms with van der Waals surface area (Å²) in [5, 5.41) is 11.8. The van der Waals surface area contributed by atoms with E-state index in [2.05, 4.69) is 5.32 Å². The number of amides is 1. The number of nitrogens with one attached hydrogen (secondary N) is 1. The van der Waals surface area contributed by atoms with Gasteiger partial charge in [0.25, 0.3) is 0 Å². The molecule has 2 atom stereocenters. The summed E-state index contributed by atoms with van der Waals surface area (Å²) in [4.78, 5) is 25.0. The first-order chi connectivity index (χ1) is 9.56. The number of hydrogen-bond acceptors (Lipinski definition) is 5. The average molecular weight is 304 g/mol. The highest BCUT2D eigenvalue weighted by Crippen LogP contribution is 2.21. The SMILES string of the molecule is COCCCNC(=O)C(C)N1CCSCC1CC(=O)O. The Bertz CT molecular complexity index is 327. The second-order valence-corrected chi connectivity index (χ2v) is 6.03. The standard InChI is InChI=1S/C13H24N2O4S/c1-10(13(18)14-4-3-6-19-2)15-5-7-20-9-11(15)8-12(16)17/h10-11H,3-9H2,1-2H3,(H,14,18)(H,16,17). The smallest absolute Gasteiger partial charge is 0.304 e. The summed E-state index contributed by atoms with van der Waals surface area (Å²) in [6.45, 7) is 3.81. The van der Waals surface area contributed by atoms with Crippen LogP contribution < -0.4 is 5.32 Å². The maximum absolute atomic E-state index is 12.1. The summed E-state index contributed by atoms with van der Waals surface area (Å²) >= 11 is 1.75. The highest BCUT2D eigenvalue weighted by molar-refractivity contribution is 7.99. The van der Waals surface area contributed by atoms with E-state index in [9.17, 15) is 9.59 Å². The Morgan fingerprint density at radius 2 is 2.30 bits per heavy atom. The molecule has 0 aromatic rings. The quantitative estimate of drug-likeness (QED) is 0.633. The Balaban J connectivity index is 2.46. The third-order valence-electron chi connectivity index (χ3n) is 3.38. The number of nitrogens with zero attached hydrogens (tertiary/aromatic N) is 1. The summed E-state index contributed by atoms with van der Waals surface area (Å²) in [6, 6.07) is -0.353. The topological polar surface area (TPSA) is 78.9 Å². The van der Waals surface area contributed by atoms with Crippen LogP contribution >= 0.6 is 11.8 Å². The van der Waals surface area contributed by atoms with Crippen LogP contribution in [0.4, 0.5) is 0 Å². The number of ether oxygens (including phenoxy) is 1. The van der Waals surface area contributed by atoms with E-state index in [0.717, 1.165) is 24.5 Å². The molecule has 6 nitrogen and oxygen atoms in total. The maximum atomic E-state index is 12.1. The van der Waals surface area contributed by atoms with Crippen molar-refractivity contribution in [3.8, 4) is 0 Å². The molecule has 2 N–H and O–H groups in total. The lowest BCUT2D eigenvalue weighted by Gasteiger charge is -2.38. The molecule has 1 aliphatic heterocycles. The highest BCUT2D eigenvalue weighted by Gasteiger charge is 2.31. The number of carboxylic acid groups (broad SMARTS) is 1. The highest BCUT2D eigenvalue weighted by atomic mass is 32.2. The van der Waals surface area contributed by atoms with Crippen molar-refractivity contribution in [3.63, 3.8) is 0 Å². The molecular formula is C13H24N2O4S. The summed E-state index contributed by atoms with van der Waals surface area (Å²) < 4.78 is 4.93. The van der Waals surface area contributed by atoms with Gasteiger partial charge in [0.15, 0.2) is 0 Å². The van der Waals surface area contributed by atoms with E-state index >= 15 is 0 Å². The van der Waals surface area contributed by atoms with Gasteiger partial charge in [0.2, 0.25) is 5.91 Å². The van der Waals surface area contributed by atoms with E-state index in [-0.39, 0.29) is 24.4 Å². The minimum Gasteiger partial charge on any atom is -0.481 e. The minimum atomic E-state index is -0.810. The molecule has 1 saturated heterocycles. The van der Waals surface area contributed by atoms with Crippen LogP contribution in [0.3, 0.4) is 0 Å². The lowest BCUT2D eigenvalue weighted by atomic mass is 10.1. The fourth-order valence-electron chi connectivity index (χ4n) is 2.28. The molecule has 0 aromatic heterocycles. The molecule has 0 saturated carbocycles. The van der Waals surface area contributed by atoms with Crippen LogP contribution in [0.1, 0.15) is 19.8 Å². The summed E-state index contributed by atoms with van der Waals surface area (Å²) in [7, 11) is 1.63. The molecule has 0 aliphatic carbocycles. The van der Waals surface area contributed by atoms with E-state index in [1.165, 1.54) is 0 Å². The van der Waals surface area contributed by atoms with Crippen molar-refractivity contribution in [1.29, 1.82) is 0 Å². The summed E-state index contributed by atoms with van der Waals surface area (Å²) in [5.74, 6) is 0.865. The molecule has 1 rings (SSSR count). The van der Waals surface area contributed by atoms with Crippen molar-refractivity contribution < 1.29 is 19.4 Å². The second-order valence-electron chi connectivity index (χ2n) is 4.88. The van der Waals surface area contributed by atoms with Gasteiger partial charge in [-0.05, 0) is 13.3 Å². The predicted molar refractivity (Wildman–Crippen MR) is 79.0 cm³/mol. The van der Waals surface area contributed by atoms with Crippen LogP contribution in [0.2, 0.25) is 0 Å². The Morgan fingerprint density at radius 1 is 1.55 bits per heavy atom. The van der Waals surface area contributed by atoms with Gasteiger partial charge in [0.05, 0.1) is 12.5 Å². The molecule has 0 aromatic carbocycles. The van der Waals surface area contributed by atoms with Gasteiger partial charge in [-0.15, -0.1) is 0 Å². The van der Waals surface area contributed by atoms with Crippen LogP contribution in [0.25, 0.3) is 0 Å². The molecule has 1 heterocycles. The van der Waals surface area contributed by atoms with E-state index in [4.69, 9.17) is 9.84 Å². The Kier molecular flexibility index (Phi) is 7.94. The minimum absolute atomic E-state index is 0.0385. The first-order valence-corrected chi connectivity index (χ1v) is 8.03. The fourth-order valence-corrected chi connectivity index (χ4v) is 3.37. The van der Waals surface area contributed by atoms with E-state index in [0.29, 0.717) is 13.2 Å². The Labute approximate surface area is 124 Å². The van der Waals surface area contributed by atoms with Crippen molar-refractivity contribution in [2.45, 2.75) is 31.8 Å². The zero-order valence-electron chi connectivity index (χ0n) is 12.1. The van der Waals surface area contributed by atoms with Gasteiger partial charge in [-0.2, -0.15) is 11.8 Å². The van der Waals surface area contributed by atoms with Crippen LogP contribution in [0.5, 0.6) is 0 Å². The average Bonchev–Trinajstić information content (AvgIpc) is 2.42. The number of carboxylic acids is 1. The molecule has 0 bridgehead atoms. The van der Waals surface area contributed by atoms with Crippen molar-refractivity contribution in [1.82, 2.24) is 10.2 Å². The number of methoxy groups -OCH3 is 1. The zero-order valence-corrected chi connectivity index (χ0v) is 12.9. The first-order valence-electron chi connectivity index (χ1n) is 6.88. The normalized spacial score (nSPS) is 21.4. The van der Waals surface area contributed by atoms with Crippen molar-refractivity contribution in [2.24, 2.45) is 0 Å². The molecule has 116 valence electrons. The number of hydrogen-bond donors (Lipinski definition) is 2. The molecular weight excluding hydrogens is 280 g/mol. The lowest BCUT2D eigenvalue weighted by molar-refractivity contribution is -0.139. The van der Waals surface area contributed by atoms with Gasteiger partial charge >= 0.3 is 5.97 Å². The fraction of sp³-hybridized carbons (Fsp3) is 0.846. The Morgan fingerprint density at radius 3 is 2.95 bits per heavy atom. The zero-order chi connectivity index (χ0) is 15.0. The van der Waals surface area contributed by atoms with Gasteiger partial charge in [-0.25, -0.2) is 0 Å². The monoisotopic (exact) mass is 304 g/mol. The Hall–Kier alpha value is -0.790. The second kappa shape index (κ2) is 9.20. The third kappa shape index (κ3) is 5.68. The summed E-state index contributed by atoms with van der Waals surface area (Å²) in [5.41, 5.74) is 0. The van der Waals surface area contributed by atoms with Gasteiger partial charge in [0, 0.05) is 44.4 Å². The number of carbonyl (C=O) groups excluding carboxylic acids is 1. The number of carbonyl (C=O) groups is 2. The van der Waals surface area contributed by atoms with E-state index in [1.54, 1.807) is 18.9 Å². The molecule has 2 unspecified atom stereocenters. The summed E-state index contributed by atoms with van der Waals surface area (Å²) in [6.07, 6.45) is 0.873. The van der Waals surface area contributed by atoms with Gasteiger partial charge < -0.3 is 15.2 Å². The maximum Gasteiger partial charge on any atom is 0.304 e. The molecule has 0 spiro atoms. The van der Waals surface area contributed by atoms with Crippen LogP contribution in [0, 0.1) is 0 Å². The van der Waals surface area contributed by atoms with Gasteiger partial charge in [-0.3, -0.25) is 14.5 Å². The number of aliphatic carboxylic acids is 1. The van der Waals surface area contributed by atoms with Gasteiger partial charge in [-0.1, -0.05) is 0 Å². The first kappa shape index (κ1) is 17.3. The number of rotatable bonds is 8. The van der Waals surface area contributed by atoms with E-state index in [1.807, 2.05) is 11.8 Å². The van der Waals surface area contributed by atoms with Gasteiger partial charge in [0.1, 0.15) is 0 Å². The van der Waals surface area contributed by atoms with Crippen LogP contribution in [-0.4, -0.2) is 72.3 Å². The third-order valence-corrected chi connectivity index (χ3v) is 4.48. The molecule has 1 fully saturated rings. The predicted octanol–water partition coefficient (Wildman–Crippen LogP) is 0.420. The molecule has 0 radical (unpaired) electrons. The van der Waals surface area contributed by atoms with E-state index < -0.39 is 5.97 Å². The van der Waals surface area contributed by atoms with Crippen LogP contribution in [-0.2, 0) is 14.3 Å². The largest absolute Gasteiger partial charge is 0.481 e.